The molecule has 0 saturated carbocycles. The number of carbonyl (C=O) groups excluding carboxylic acids is 1. The maximum Gasteiger partial charge on any atom is 0.318 e. The molecule has 1 unspecified atom stereocenters. The molecule has 0 amide bonds. The van der Waals surface area contributed by atoms with E-state index in [9.17, 15) is 4.79 Å². The number of rotatable bonds is 4. The van der Waals surface area contributed by atoms with Gasteiger partial charge in [-0.05, 0) is 11.7 Å². The topological polar surface area (TPSA) is 26.3 Å². The fraction of sp³-hybridized carbons (Fsp3) is 0.875. The fourth-order valence-electron chi connectivity index (χ4n) is 0.778. The van der Waals surface area contributed by atoms with Gasteiger partial charge in [0.2, 0.25) is 0 Å². The van der Waals surface area contributed by atoms with Crippen LogP contribution in [-0.4, -0.2) is 23.6 Å². The zero-order valence-corrected chi connectivity index (χ0v) is 8.40. The van der Waals surface area contributed by atoms with Crippen LogP contribution in [0.5, 0.6) is 0 Å². The minimum absolute atomic E-state index is 0.0139. The van der Waals surface area contributed by atoms with Crippen LogP contribution in [0.3, 0.4) is 0 Å². The van der Waals surface area contributed by atoms with Crippen molar-refractivity contribution in [1.29, 1.82) is 0 Å². The van der Waals surface area contributed by atoms with Crippen LogP contribution in [0.2, 0.25) is 0 Å². The van der Waals surface area contributed by atoms with Crippen molar-refractivity contribution in [1.82, 2.24) is 0 Å². The fourth-order valence-corrected chi connectivity index (χ4v) is 1.84. The maximum absolute atomic E-state index is 11.0. The van der Waals surface area contributed by atoms with Crippen LogP contribution in [-0.2, 0) is 9.53 Å². The lowest BCUT2D eigenvalue weighted by Crippen LogP contribution is -2.19. The van der Waals surface area contributed by atoms with E-state index in [-0.39, 0.29) is 11.2 Å². The standard InChI is InChI=1S/C8H16O2S/c1-5-7(8(9)10-4)11-6(2)3/h6-7H,5H2,1-4H3. The number of esters is 1. The molecule has 0 aliphatic heterocycles. The van der Waals surface area contributed by atoms with Gasteiger partial charge in [-0.1, -0.05) is 20.8 Å². The Morgan fingerprint density at radius 3 is 2.36 bits per heavy atom. The first-order valence-corrected chi connectivity index (χ1v) is 4.79. The monoisotopic (exact) mass is 176 g/mol. The third kappa shape index (κ3) is 4.30. The highest BCUT2D eigenvalue weighted by atomic mass is 32.2. The molecule has 66 valence electrons. The van der Waals surface area contributed by atoms with Gasteiger partial charge in [-0.2, -0.15) is 0 Å². The molecule has 0 saturated heterocycles. The van der Waals surface area contributed by atoms with Crippen molar-refractivity contribution in [2.75, 3.05) is 7.11 Å². The van der Waals surface area contributed by atoms with E-state index in [1.165, 1.54) is 7.11 Å². The van der Waals surface area contributed by atoms with Crippen molar-refractivity contribution in [2.24, 2.45) is 0 Å². The Morgan fingerprint density at radius 1 is 1.55 bits per heavy atom. The molecule has 11 heavy (non-hydrogen) atoms. The largest absolute Gasteiger partial charge is 0.468 e. The van der Waals surface area contributed by atoms with E-state index in [1.807, 2.05) is 6.92 Å². The summed E-state index contributed by atoms with van der Waals surface area (Å²) < 4.78 is 4.64. The number of methoxy groups -OCH3 is 1. The predicted molar refractivity (Wildman–Crippen MR) is 48.8 cm³/mol. The Kier molecular flexibility index (Phi) is 5.38. The molecule has 0 aromatic heterocycles. The summed E-state index contributed by atoms with van der Waals surface area (Å²) in [7, 11) is 1.44. The van der Waals surface area contributed by atoms with Crippen molar-refractivity contribution in [3.8, 4) is 0 Å². The van der Waals surface area contributed by atoms with Gasteiger partial charge < -0.3 is 4.74 Å². The van der Waals surface area contributed by atoms with Gasteiger partial charge in [-0.15, -0.1) is 11.8 Å². The Balaban J connectivity index is 3.84. The lowest BCUT2D eigenvalue weighted by Gasteiger charge is -2.13. The highest BCUT2D eigenvalue weighted by Crippen LogP contribution is 2.20. The van der Waals surface area contributed by atoms with E-state index in [4.69, 9.17) is 0 Å². The lowest BCUT2D eigenvalue weighted by atomic mass is 10.3. The van der Waals surface area contributed by atoms with E-state index in [0.717, 1.165) is 6.42 Å². The normalized spacial score (nSPS) is 13.2. The van der Waals surface area contributed by atoms with E-state index >= 15 is 0 Å². The Labute approximate surface area is 72.7 Å². The van der Waals surface area contributed by atoms with Crippen LogP contribution < -0.4 is 0 Å². The Hall–Kier alpha value is -0.180. The second-order valence-corrected chi connectivity index (χ2v) is 4.39. The molecule has 2 nitrogen and oxygen atoms in total. The summed E-state index contributed by atoms with van der Waals surface area (Å²) in [6.45, 7) is 6.16. The van der Waals surface area contributed by atoms with Crippen LogP contribution in [0.25, 0.3) is 0 Å². The highest BCUT2D eigenvalue weighted by molar-refractivity contribution is 8.01. The van der Waals surface area contributed by atoms with Crippen LogP contribution in [0, 0.1) is 0 Å². The first-order valence-electron chi connectivity index (χ1n) is 3.85. The van der Waals surface area contributed by atoms with E-state index in [0.29, 0.717) is 5.25 Å². The predicted octanol–water partition coefficient (Wildman–Crippen LogP) is 2.08. The van der Waals surface area contributed by atoms with Gasteiger partial charge in [0.25, 0.3) is 0 Å². The molecule has 0 aliphatic rings. The minimum Gasteiger partial charge on any atom is -0.468 e. The van der Waals surface area contributed by atoms with Crippen molar-refractivity contribution in [2.45, 2.75) is 37.7 Å². The zero-order valence-electron chi connectivity index (χ0n) is 7.59. The van der Waals surface area contributed by atoms with Crippen molar-refractivity contribution < 1.29 is 9.53 Å². The van der Waals surface area contributed by atoms with Gasteiger partial charge in [-0.25, -0.2) is 0 Å². The molecule has 3 heteroatoms. The van der Waals surface area contributed by atoms with Crippen LogP contribution in [0.4, 0.5) is 0 Å². The van der Waals surface area contributed by atoms with Crippen molar-refractivity contribution >= 4 is 17.7 Å². The van der Waals surface area contributed by atoms with Gasteiger partial charge >= 0.3 is 5.97 Å². The van der Waals surface area contributed by atoms with E-state index in [1.54, 1.807) is 11.8 Å². The number of hydrogen-bond acceptors (Lipinski definition) is 3. The number of ether oxygens (including phenoxy) is 1. The highest BCUT2D eigenvalue weighted by Gasteiger charge is 2.18. The summed E-state index contributed by atoms with van der Waals surface area (Å²) in [6, 6.07) is 0. The Bertz CT molecular complexity index is 123. The zero-order chi connectivity index (χ0) is 8.85. The number of hydrogen-bond donors (Lipinski definition) is 0. The average molecular weight is 176 g/mol. The molecule has 0 N–H and O–H groups in total. The van der Waals surface area contributed by atoms with Crippen molar-refractivity contribution in [3.63, 3.8) is 0 Å². The molecule has 0 aromatic rings. The summed E-state index contributed by atoms with van der Waals surface area (Å²) >= 11 is 1.66. The molecule has 0 aromatic carbocycles. The quantitative estimate of drug-likeness (QED) is 0.613. The number of thioether (sulfide) groups is 1. The van der Waals surface area contributed by atoms with Gasteiger partial charge in [0.15, 0.2) is 0 Å². The van der Waals surface area contributed by atoms with Crippen molar-refractivity contribution in [3.05, 3.63) is 0 Å². The smallest absolute Gasteiger partial charge is 0.318 e. The van der Waals surface area contributed by atoms with Gasteiger partial charge in [0.05, 0.1) is 7.11 Å². The molecule has 0 heterocycles. The third-order valence-electron chi connectivity index (χ3n) is 1.27. The molecular formula is C8H16O2S. The van der Waals surface area contributed by atoms with Gasteiger partial charge in [0, 0.05) is 0 Å². The molecule has 0 radical (unpaired) electrons. The second kappa shape index (κ2) is 5.47. The summed E-state index contributed by atoms with van der Waals surface area (Å²) in [5.41, 5.74) is 0. The Morgan fingerprint density at radius 2 is 2.09 bits per heavy atom. The summed E-state index contributed by atoms with van der Waals surface area (Å²) in [6.07, 6.45) is 0.843. The summed E-state index contributed by atoms with van der Waals surface area (Å²) in [4.78, 5) is 11.0. The van der Waals surface area contributed by atoms with Gasteiger partial charge in [0.1, 0.15) is 5.25 Å². The summed E-state index contributed by atoms with van der Waals surface area (Å²) in [5, 5.41) is 0.499. The van der Waals surface area contributed by atoms with Gasteiger partial charge in [-0.3, -0.25) is 4.79 Å². The van der Waals surface area contributed by atoms with E-state index in [2.05, 4.69) is 18.6 Å². The van der Waals surface area contributed by atoms with Crippen LogP contribution >= 0.6 is 11.8 Å². The first-order chi connectivity index (χ1) is 5.11. The maximum atomic E-state index is 11.0. The molecule has 0 bridgehead atoms. The second-order valence-electron chi connectivity index (χ2n) is 2.60. The SMILES string of the molecule is CCC(SC(C)C)C(=O)OC. The molecule has 1 atom stereocenters. The van der Waals surface area contributed by atoms with Crippen LogP contribution in [0.1, 0.15) is 27.2 Å². The number of carbonyl (C=O) groups is 1. The average Bonchev–Trinajstić information content (AvgIpc) is 1.98. The van der Waals surface area contributed by atoms with E-state index < -0.39 is 0 Å². The first kappa shape index (κ1) is 10.8. The molecule has 0 aliphatic carbocycles. The molecular weight excluding hydrogens is 160 g/mol. The van der Waals surface area contributed by atoms with Crippen LogP contribution in [0.15, 0.2) is 0 Å². The third-order valence-corrected chi connectivity index (χ3v) is 2.67. The molecule has 0 spiro atoms. The molecule has 0 rings (SSSR count). The molecule has 0 fully saturated rings. The lowest BCUT2D eigenvalue weighted by molar-refractivity contribution is -0.140. The minimum atomic E-state index is -0.105. The summed E-state index contributed by atoms with van der Waals surface area (Å²) in [5.74, 6) is -0.105.